The lowest BCUT2D eigenvalue weighted by Gasteiger charge is -2.14. The van der Waals surface area contributed by atoms with Crippen molar-refractivity contribution in [2.75, 3.05) is 0 Å². The average molecular weight is 256 g/mol. The van der Waals surface area contributed by atoms with Crippen molar-refractivity contribution in [1.82, 2.24) is 0 Å². The van der Waals surface area contributed by atoms with E-state index in [-0.39, 0.29) is 6.42 Å². The largest absolute Gasteiger partial charge is 0.481 e. The number of ether oxygens (including phenoxy) is 1. The maximum absolute atomic E-state index is 11.0. The highest BCUT2D eigenvalue weighted by Gasteiger charge is 2.16. The minimum absolute atomic E-state index is 0.130. The van der Waals surface area contributed by atoms with Gasteiger partial charge < -0.3 is 9.84 Å². The van der Waals surface area contributed by atoms with E-state index in [4.69, 9.17) is 9.84 Å². The molecule has 0 fully saturated rings. The van der Waals surface area contributed by atoms with Crippen LogP contribution in [0.5, 0.6) is 0 Å². The molecule has 0 saturated carbocycles. The first-order valence-corrected chi connectivity index (χ1v) is 6.65. The van der Waals surface area contributed by atoms with Gasteiger partial charge in [0.25, 0.3) is 0 Å². The van der Waals surface area contributed by atoms with Gasteiger partial charge in [0.05, 0.1) is 6.42 Å². The number of aliphatic carboxylic acids is 1. The summed E-state index contributed by atoms with van der Waals surface area (Å²) in [5.41, 5.74) is 0. The number of carboxylic acid groups (broad SMARTS) is 1. The topological polar surface area (TPSA) is 63.6 Å². The normalized spacial score (nSPS) is 11.8. The average Bonchev–Trinajstić information content (AvgIpc) is 2.32. The fourth-order valence-electron chi connectivity index (χ4n) is 1.76. The van der Waals surface area contributed by atoms with Gasteiger partial charge in [-0.2, -0.15) is 0 Å². The van der Waals surface area contributed by atoms with Gasteiger partial charge in [-0.15, -0.1) is 0 Å². The first-order valence-electron chi connectivity index (χ1n) is 6.65. The molecule has 0 aromatic carbocycles. The molecule has 0 radical (unpaired) electrons. The molecule has 1 unspecified atom stereocenters. The Bertz CT molecular complexity index is 261. The molecule has 0 bridgehead atoms. The van der Waals surface area contributed by atoms with Gasteiger partial charge >= 0.3 is 11.9 Å². The second-order valence-corrected chi connectivity index (χ2v) is 4.42. The van der Waals surface area contributed by atoms with Gasteiger partial charge in [0.15, 0.2) is 0 Å². The van der Waals surface area contributed by atoms with Crippen LogP contribution < -0.4 is 0 Å². The molecular formula is C14H24O4. The van der Waals surface area contributed by atoms with Crippen LogP contribution in [0, 0.1) is 0 Å². The highest BCUT2D eigenvalue weighted by molar-refractivity contribution is 5.81. The van der Waals surface area contributed by atoms with Crippen LogP contribution in [0.1, 0.15) is 58.3 Å². The van der Waals surface area contributed by atoms with Crippen LogP contribution in [-0.2, 0) is 14.3 Å². The Morgan fingerprint density at radius 3 is 2.39 bits per heavy atom. The number of carbonyl (C=O) groups excluding carboxylic acids is 1. The lowest BCUT2D eigenvalue weighted by atomic mass is 10.1. The van der Waals surface area contributed by atoms with E-state index in [1.165, 1.54) is 19.3 Å². The van der Waals surface area contributed by atoms with E-state index in [0.717, 1.165) is 25.3 Å². The fourth-order valence-corrected chi connectivity index (χ4v) is 1.76. The summed E-state index contributed by atoms with van der Waals surface area (Å²) in [6.45, 7) is 5.47. The quantitative estimate of drug-likeness (QED) is 0.350. The van der Waals surface area contributed by atoms with Crippen molar-refractivity contribution in [3.05, 3.63) is 12.7 Å². The first-order chi connectivity index (χ1) is 8.60. The summed E-state index contributed by atoms with van der Waals surface area (Å²) in [7, 11) is 0. The Morgan fingerprint density at radius 2 is 1.83 bits per heavy atom. The molecule has 0 aliphatic carbocycles. The van der Waals surface area contributed by atoms with Crippen molar-refractivity contribution in [3.63, 3.8) is 0 Å². The molecule has 0 aliphatic rings. The Labute approximate surface area is 109 Å². The van der Waals surface area contributed by atoms with E-state index in [1.807, 2.05) is 0 Å². The van der Waals surface area contributed by atoms with Crippen LogP contribution in [0.15, 0.2) is 12.7 Å². The molecule has 0 aliphatic heterocycles. The van der Waals surface area contributed by atoms with Gasteiger partial charge in [0.1, 0.15) is 6.10 Å². The Kier molecular flexibility index (Phi) is 10.0. The van der Waals surface area contributed by atoms with Crippen LogP contribution in [0.2, 0.25) is 0 Å². The predicted octanol–water partition coefficient (Wildman–Crippen LogP) is 3.31. The van der Waals surface area contributed by atoms with Gasteiger partial charge in [-0.3, -0.25) is 4.79 Å². The van der Waals surface area contributed by atoms with Crippen LogP contribution in [0.3, 0.4) is 0 Å². The van der Waals surface area contributed by atoms with E-state index in [1.54, 1.807) is 0 Å². The molecule has 0 rings (SSSR count). The summed E-state index contributed by atoms with van der Waals surface area (Å²) in [4.78, 5) is 21.7. The molecule has 18 heavy (non-hydrogen) atoms. The summed E-state index contributed by atoms with van der Waals surface area (Å²) >= 11 is 0. The number of rotatable bonds is 11. The number of carbonyl (C=O) groups is 2. The van der Waals surface area contributed by atoms with Gasteiger partial charge in [-0.1, -0.05) is 45.6 Å². The monoisotopic (exact) mass is 256 g/mol. The molecule has 0 aromatic heterocycles. The van der Waals surface area contributed by atoms with Crippen molar-refractivity contribution < 1.29 is 19.4 Å². The number of carboxylic acids is 1. The molecule has 0 amide bonds. The standard InChI is InChI=1S/C14H24O4/c1-3-5-6-7-8-9-10-12(11-13(15)16)18-14(17)4-2/h4,12H,2-3,5-11H2,1H3,(H,15,16). The van der Waals surface area contributed by atoms with E-state index in [2.05, 4.69) is 13.5 Å². The van der Waals surface area contributed by atoms with Crippen molar-refractivity contribution in [3.8, 4) is 0 Å². The van der Waals surface area contributed by atoms with E-state index in [9.17, 15) is 9.59 Å². The van der Waals surface area contributed by atoms with Gasteiger partial charge in [0, 0.05) is 6.08 Å². The molecule has 0 saturated heterocycles. The third-order valence-corrected chi connectivity index (χ3v) is 2.73. The highest BCUT2D eigenvalue weighted by Crippen LogP contribution is 2.13. The molecule has 4 nitrogen and oxygen atoms in total. The second-order valence-electron chi connectivity index (χ2n) is 4.42. The van der Waals surface area contributed by atoms with Gasteiger partial charge in [-0.05, 0) is 12.8 Å². The number of hydrogen-bond acceptors (Lipinski definition) is 3. The molecule has 1 atom stereocenters. The zero-order valence-electron chi connectivity index (χ0n) is 11.2. The van der Waals surface area contributed by atoms with Crippen molar-refractivity contribution in [2.45, 2.75) is 64.4 Å². The third-order valence-electron chi connectivity index (χ3n) is 2.73. The third kappa shape index (κ3) is 9.87. The molecule has 0 heterocycles. The zero-order chi connectivity index (χ0) is 13.8. The molecule has 4 heteroatoms. The van der Waals surface area contributed by atoms with Crippen LogP contribution >= 0.6 is 0 Å². The predicted molar refractivity (Wildman–Crippen MR) is 70.3 cm³/mol. The number of unbranched alkanes of at least 4 members (excludes halogenated alkanes) is 5. The summed E-state index contributed by atoms with van der Waals surface area (Å²) in [5, 5.41) is 8.73. The Hall–Kier alpha value is -1.32. The van der Waals surface area contributed by atoms with Crippen molar-refractivity contribution in [1.29, 1.82) is 0 Å². The van der Waals surface area contributed by atoms with Gasteiger partial charge in [-0.25, -0.2) is 4.79 Å². The SMILES string of the molecule is C=CC(=O)OC(CCCCCCCC)CC(=O)O. The molecular weight excluding hydrogens is 232 g/mol. The van der Waals surface area contributed by atoms with Crippen molar-refractivity contribution >= 4 is 11.9 Å². The summed E-state index contributed by atoms with van der Waals surface area (Å²) in [6.07, 6.45) is 7.79. The van der Waals surface area contributed by atoms with Gasteiger partial charge in [0.2, 0.25) is 0 Å². The van der Waals surface area contributed by atoms with Crippen LogP contribution in [0.25, 0.3) is 0 Å². The van der Waals surface area contributed by atoms with Crippen LogP contribution in [0.4, 0.5) is 0 Å². The second kappa shape index (κ2) is 10.8. The number of hydrogen-bond donors (Lipinski definition) is 1. The molecule has 0 aromatic rings. The minimum Gasteiger partial charge on any atom is -0.481 e. The smallest absolute Gasteiger partial charge is 0.330 e. The molecule has 1 N–H and O–H groups in total. The van der Waals surface area contributed by atoms with E-state index in [0.29, 0.717) is 6.42 Å². The number of esters is 1. The summed E-state index contributed by atoms with van der Waals surface area (Å²) in [5.74, 6) is -1.49. The molecule has 104 valence electrons. The first kappa shape index (κ1) is 16.7. The van der Waals surface area contributed by atoms with E-state index < -0.39 is 18.0 Å². The van der Waals surface area contributed by atoms with Crippen molar-refractivity contribution in [2.24, 2.45) is 0 Å². The molecule has 0 spiro atoms. The zero-order valence-corrected chi connectivity index (χ0v) is 11.2. The highest BCUT2D eigenvalue weighted by atomic mass is 16.5. The summed E-state index contributed by atoms with van der Waals surface area (Å²) in [6, 6.07) is 0. The maximum Gasteiger partial charge on any atom is 0.330 e. The van der Waals surface area contributed by atoms with Crippen LogP contribution in [-0.4, -0.2) is 23.1 Å². The lowest BCUT2D eigenvalue weighted by Crippen LogP contribution is -2.20. The maximum atomic E-state index is 11.0. The Morgan fingerprint density at radius 1 is 1.22 bits per heavy atom. The minimum atomic E-state index is -0.942. The van der Waals surface area contributed by atoms with E-state index >= 15 is 0 Å². The lowest BCUT2D eigenvalue weighted by molar-refractivity contribution is -0.148. The Balaban J connectivity index is 3.82. The fraction of sp³-hybridized carbons (Fsp3) is 0.714. The summed E-state index contributed by atoms with van der Waals surface area (Å²) < 4.78 is 5.00.